The molecule has 0 aliphatic carbocycles. The van der Waals surface area contributed by atoms with Crippen molar-refractivity contribution in [1.82, 2.24) is 0 Å². The van der Waals surface area contributed by atoms with E-state index in [0.717, 1.165) is 11.5 Å². The van der Waals surface area contributed by atoms with Gasteiger partial charge in [0.05, 0.1) is 14.2 Å². The Morgan fingerprint density at radius 1 is 0.654 bits per heavy atom. The van der Waals surface area contributed by atoms with E-state index in [2.05, 4.69) is 54.6 Å². The molecule has 128 valence electrons. The molecule has 3 aromatic carbocycles. The lowest BCUT2D eigenvalue weighted by Crippen LogP contribution is -1.85. The highest BCUT2D eigenvalue weighted by Gasteiger charge is 2.10. The molecule has 2 nitrogen and oxygen atoms in total. The minimum absolute atomic E-state index is 0.875. The first-order valence-electron chi connectivity index (χ1n) is 8.47. The summed E-state index contributed by atoms with van der Waals surface area (Å²) in [5.74, 6) is 1.75. The van der Waals surface area contributed by atoms with Crippen LogP contribution in [0.5, 0.6) is 11.5 Å². The lowest BCUT2D eigenvalue weighted by molar-refractivity contribution is 0.415. The van der Waals surface area contributed by atoms with Crippen LogP contribution in [0.1, 0.15) is 0 Å². The van der Waals surface area contributed by atoms with Crippen LogP contribution in [0.4, 0.5) is 0 Å². The van der Waals surface area contributed by atoms with Crippen LogP contribution in [0.15, 0.2) is 78.9 Å². The number of methoxy groups -OCH3 is 2. The molecule has 0 bridgehead atoms. The van der Waals surface area contributed by atoms with Crippen LogP contribution in [0, 0.1) is 0 Å². The molecule has 0 amide bonds. The van der Waals surface area contributed by atoms with Gasteiger partial charge in [0.25, 0.3) is 0 Å². The zero-order chi connectivity index (χ0) is 17.9. The number of rotatable bonds is 4. The van der Waals surface area contributed by atoms with E-state index in [1.165, 1.54) is 40.7 Å². The molecule has 0 aliphatic rings. The van der Waals surface area contributed by atoms with E-state index in [-0.39, 0.29) is 0 Å². The smallest absolute Gasteiger partial charge is 0.119 e. The molecule has 1 aromatic heterocycles. The number of ether oxygens (including phenoxy) is 2. The molecule has 0 unspecified atom stereocenters. The SMILES string of the molecule is COc1cccc(-c2cc3ccccc3c(-c3cccc(OC)c3)p2)c1. The maximum atomic E-state index is 5.43. The van der Waals surface area contributed by atoms with Crippen molar-refractivity contribution in [2.24, 2.45) is 0 Å². The number of hydrogen-bond donors (Lipinski definition) is 0. The fourth-order valence-electron chi connectivity index (χ4n) is 3.12. The molecule has 0 aliphatic heterocycles. The first-order valence-corrected chi connectivity index (χ1v) is 9.36. The zero-order valence-corrected chi connectivity index (χ0v) is 15.7. The molecule has 0 atom stereocenters. The van der Waals surface area contributed by atoms with E-state index in [4.69, 9.17) is 9.47 Å². The van der Waals surface area contributed by atoms with Crippen molar-refractivity contribution in [3.63, 3.8) is 0 Å². The van der Waals surface area contributed by atoms with Gasteiger partial charge >= 0.3 is 0 Å². The molecule has 4 rings (SSSR count). The van der Waals surface area contributed by atoms with Crippen molar-refractivity contribution in [3.05, 3.63) is 78.9 Å². The van der Waals surface area contributed by atoms with Crippen LogP contribution < -0.4 is 9.47 Å². The minimum atomic E-state index is 0.875. The van der Waals surface area contributed by atoms with Gasteiger partial charge in [-0.3, -0.25) is 0 Å². The highest BCUT2D eigenvalue weighted by molar-refractivity contribution is 7.38. The van der Waals surface area contributed by atoms with Crippen molar-refractivity contribution >= 4 is 19.0 Å². The first-order chi connectivity index (χ1) is 12.8. The lowest BCUT2D eigenvalue weighted by atomic mass is 10.1. The van der Waals surface area contributed by atoms with Crippen LogP contribution in [-0.4, -0.2) is 14.2 Å². The molecule has 0 fully saturated rings. The third-order valence-electron chi connectivity index (χ3n) is 4.45. The molecule has 0 N–H and O–H groups in total. The molecule has 0 spiro atoms. The zero-order valence-electron chi connectivity index (χ0n) is 14.8. The molecular weight excluding hydrogens is 339 g/mol. The van der Waals surface area contributed by atoms with E-state index in [9.17, 15) is 0 Å². The number of hydrogen-bond acceptors (Lipinski definition) is 2. The summed E-state index contributed by atoms with van der Waals surface area (Å²) >= 11 is 0. The highest BCUT2D eigenvalue weighted by Crippen LogP contribution is 2.43. The van der Waals surface area contributed by atoms with Gasteiger partial charge in [-0.25, -0.2) is 0 Å². The first kappa shape index (κ1) is 16.6. The average molecular weight is 358 g/mol. The summed E-state index contributed by atoms with van der Waals surface area (Å²) < 4.78 is 10.8. The van der Waals surface area contributed by atoms with Crippen LogP contribution in [0.3, 0.4) is 0 Å². The Morgan fingerprint density at radius 2 is 1.31 bits per heavy atom. The summed E-state index contributed by atoms with van der Waals surface area (Å²) in [4.78, 5) is 0. The third kappa shape index (κ3) is 3.16. The Balaban J connectivity index is 1.96. The van der Waals surface area contributed by atoms with Gasteiger partial charge in [0.15, 0.2) is 0 Å². The van der Waals surface area contributed by atoms with Crippen molar-refractivity contribution in [1.29, 1.82) is 0 Å². The van der Waals surface area contributed by atoms with Gasteiger partial charge in [0.1, 0.15) is 11.5 Å². The van der Waals surface area contributed by atoms with Crippen LogP contribution >= 0.6 is 8.19 Å². The molecule has 0 saturated carbocycles. The van der Waals surface area contributed by atoms with Gasteiger partial charge < -0.3 is 9.47 Å². The van der Waals surface area contributed by atoms with Gasteiger partial charge in [-0.1, -0.05) is 56.7 Å². The molecule has 3 heteroatoms. The third-order valence-corrected chi connectivity index (χ3v) is 5.80. The van der Waals surface area contributed by atoms with Gasteiger partial charge in [-0.2, -0.15) is 0 Å². The Bertz CT molecular complexity index is 1070. The van der Waals surface area contributed by atoms with Gasteiger partial charge in [-0.05, 0) is 52.2 Å². The number of benzene rings is 3. The van der Waals surface area contributed by atoms with E-state index in [1.54, 1.807) is 14.2 Å². The summed E-state index contributed by atoms with van der Waals surface area (Å²) in [5.41, 5.74) is 2.37. The highest BCUT2D eigenvalue weighted by atomic mass is 31.0. The lowest BCUT2D eigenvalue weighted by Gasteiger charge is -2.12. The summed E-state index contributed by atoms with van der Waals surface area (Å²) in [6.07, 6.45) is 0. The topological polar surface area (TPSA) is 18.5 Å². The van der Waals surface area contributed by atoms with E-state index in [1.807, 2.05) is 24.3 Å². The van der Waals surface area contributed by atoms with Crippen molar-refractivity contribution in [2.45, 2.75) is 0 Å². The normalized spacial score (nSPS) is 11.0. The van der Waals surface area contributed by atoms with Crippen LogP contribution in [0.2, 0.25) is 0 Å². The number of fused-ring (bicyclic) bond motifs is 1. The molecule has 4 aromatic rings. The largest absolute Gasteiger partial charge is 0.497 e. The molecule has 0 radical (unpaired) electrons. The fraction of sp³-hybridized carbons (Fsp3) is 0.0870. The van der Waals surface area contributed by atoms with E-state index < -0.39 is 0 Å². The molecule has 1 heterocycles. The fourth-order valence-corrected chi connectivity index (χ4v) is 4.42. The van der Waals surface area contributed by atoms with Crippen molar-refractivity contribution < 1.29 is 9.47 Å². The van der Waals surface area contributed by atoms with Crippen molar-refractivity contribution in [3.8, 4) is 33.2 Å². The van der Waals surface area contributed by atoms with Crippen molar-refractivity contribution in [2.75, 3.05) is 14.2 Å². The predicted octanol–water partition coefficient (Wildman–Crippen LogP) is 6.77. The standard InChI is InChI=1S/C23H19O2P/c1-24-19-10-5-8-17(13-19)22-15-16-7-3-4-12-21(16)23(26-22)18-9-6-11-20(14-18)25-2/h3-15H,1-2H3. The maximum absolute atomic E-state index is 5.43. The summed E-state index contributed by atoms with van der Waals surface area (Å²) in [7, 11) is 4.59. The Kier molecular flexibility index (Phi) is 4.60. The Hall–Kier alpha value is -2.83. The minimum Gasteiger partial charge on any atom is -0.497 e. The van der Waals surface area contributed by atoms with Crippen LogP contribution in [0.25, 0.3) is 32.5 Å². The predicted molar refractivity (Wildman–Crippen MR) is 110 cm³/mol. The Morgan fingerprint density at radius 3 is 2.04 bits per heavy atom. The average Bonchev–Trinajstić information content (AvgIpc) is 2.73. The molecular formula is C23H19O2P. The second-order valence-corrected chi connectivity index (χ2v) is 7.19. The maximum Gasteiger partial charge on any atom is 0.119 e. The van der Waals surface area contributed by atoms with Crippen LogP contribution in [-0.2, 0) is 0 Å². The summed E-state index contributed by atoms with van der Waals surface area (Å²) in [6, 6.07) is 27.3. The quantitative estimate of drug-likeness (QED) is 0.401. The molecule has 0 saturated heterocycles. The molecule has 26 heavy (non-hydrogen) atoms. The second-order valence-electron chi connectivity index (χ2n) is 6.04. The van der Waals surface area contributed by atoms with Gasteiger partial charge in [-0.15, -0.1) is 0 Å². The second kappa shape index (κ2) is 7.19. The van der Waals surface area contributed by atoms with E-state index in [0.29, 0.717) is 0 Å². The van der Waals surface area contributed by atoms with E-state index >= 15 is 0 Å². The summed E-state index contributed by atoms with van der Waals surface area (Å²) in [6.45, 7) is 0. The Labute approximate surface area is 155 Å². The van der Waals surface area contributed by atoms with Gasteiger partial charge in [0.2, 0.25) is 0 Å². The summed E-state index contributed by atoms with van der Waals surface area (Å²) in [5, 5.41) is 5.07. The van der Waals surface area contributed by atoms with Gasteiger partial charge in [0, 0.05) is 10.6 Å². The monoisotopic (exact) mass is 358 g/mol.